The highest BCUT2D eigenvalue weighted by molar-refractivity contribution is 5.94. The highest BCUT2D eigenvalue weighted by Crippen LogP contribution is 2.24. The molecule has 1 saturated heterocycles. The molecule has 0 unspecified atom stereocenters. The third kappa shape index (κ3) is 2.33. The minimum atomic E-state index is 0.0610. The largest absolute Gasteiger partial charge is 0.492 e. The van der Waals surface area contributed by atoms with Gasteiger partial charge < -0.3 is 15.4 Å². The maximum absolute atomic E-state index is 11.7. The van der Waals surface area contributed by atoms with Crippen LogP contribution < -0.4 is 15.4 Å². The predicted octanol–water partition coefficient (Wildman–Crippen LogP) is 1.24. The Morgan fingerprint density at radius 1 is 1.50 bits per heavy atom. The lowest BCUT2D eigenvalue weighted by Crippen LogP contribution is -2.48. The minimum Gasteiger partial charge on any atom is -0.492 e. The minimum absolute atomic E-state index is 0.0610. The number of anilines is 1. The summed E-state index contributed by atoms with van der Waals surface area (Å²) >= 11 is 0. The van der Waals surface area contributed by atoms with E-state index in [1.807, 2.05) is 31.2 Å². The molecule has 86 valence electrons. The Morgan fingerprint density at radius 2 is 2.25 bits per heavy atom. The van der Waals surface area contributed by atoms with Gasteiger partial charge in [0.1, 0.15) is 5.75 Å². The van der Waals surface area contributed by atoms with Crippen LogP contribution in [0.4, 0.5) is 5.69 Å². The number of carbonyl (C=O) groups excluding carboxylic acids is 1. The lowest BCUT2D eigenvalue weighted by molar-refractivity contribution is -0.121. The van der Waals surface area contributed by atoms with Crippen molar-refractivity contribution < 1.29 is 9.53 Å². The van der Waals surface area contributed by atoms with Crippen LogP contribution >= 0.6 is 0 Å². The number of para-hydroxylation sites is 2. The van der Waals surface area contributed by atoms with E-state index in [0.29, 0.717) is 6.61 Å². The normalized spacial score (nSPS) is 15.3. The molecule has 2 N–H and O–H groups in total. The second kappa shape index (κ2) is 4.99. The molecule has 2 rings (SSSR count). The van der Waals surface area contributed by atoms with Crippen molar-refractivity contribution in [1.82, 2.24) is 5.32 Å². The summed E-state index contributed by atoms with van der Waals surface area (Å²) in [6.07, 6.45) is 0. The molecule has 1 fully saturated rings. The highest BCUT2D eigenvalue weighted by Gasteiger charge is 2.25. The van der Waals surface area contributed by atoms with E-state index in [-0.39, 0.29) is 11.8 Å². The smallest absolute Gasteiger partial charge is 0.230 e. The first-order chi connectivity index (χ1) is 7.81. The van der Waals surface area contributed by atoms with Crippen LogP contribution in [0.5, 0.6) is 5.75 Å². The van der Waals surface area contributed by atoms with Gasteiger partial charge in [0.2, 0.25) is 5.91 Å². The Labute approximate surface area is 95.0 Å². The molecule has 0 atom stereocenters. The first kappa shape index (κ1) is 11.0. The first-order valence-corrected chi connectivity index (χ1v) is 5.54. The van der Waals surface area contributed by atoms with Gasteiger partial charge in [-0.15, -0.1) is 0 Å². The van der Waals surface area contributed by atoms with Crippen molar-refractivity contribution in [2.75, 3.05) is 25.0 Å². The van der Waals surface area contributed by atoms with Gasteiger partial charge in [-0.25, -0.2) is 0 Å². The zero-order chi connectivity index (χ0) is 11.4. The summed E-state index contributed by atoms with van der Waals surface area (Å²) in [7, 11) is 0. The third-order valence-electron chi connectivity index (χ3n) is 2.60. The molecule has 0 spiro atoms. The van der Waals surface area contributed by atoms with Gasteiger partial charge >= 0.3 is 0 Å². The Bertz CT molecular complexity index is 375. The fraction of sp³-hybridized carbons (Fsp3) is 0.417. The van der Waals surface area contributed by atoms with E-state index in [4.69, 9.17) is 4.74 Å². The van der Waals surface area contributed by atoms with E-state index >= 15 is 0 Å². The number of benzene rings is 1. The fourth-order valence-electron chi connectivity index (χ4n) is 1.56. The van der Waals surface area contributed by atoms with Gasteiger partial charge in [0.15, 0.2) is 0 Å². The molecular formula is C12H16N2O2. The number of rotatable bonds is 4. The van der Waals surface area contributed by atoms with Crippen molar-refractivity contribution in [3.63, 3.8) is 0 Å². The van der Waals surface area contributed by atoms with Crippen molar-refractivity contribution in [2.24, 2.45) is 5.92 Å². The van der Waals surface area contributed by atoms with E-state index in [0.717, 1.165) is 24.5 Å². The maximum atomic E-state index is 11.7. The molecule has 1 aromatic carbocycles. The van der Waals surface area contributed by atoms with Gasteiger partial charge in [-0.3, -0.25) is 4.79 Å². The lowest BCUT2D eigenvalue weighted by Gasteiger charge is -2.26. The van der Waals surface area contributed by atoms with E-state index in [1.165, 1.54) is 0 Å². The topological polar surface area (TPSA) is 50.4 Å². The number of nitrogens with one attached hydrogen (secondary N) is 2. The van der Waals surface area contributed by atoms with E-state index in [1.54, 1.807) is 0 Å². The van der Waals surface area contributed by atoms with Crippen LogP contribution in [0, 0.1) is 5.92 Å². The summed E-state index contributed by atoms with van der Waals surface area (Å²) in [6, 6.07) is 7.50. The average Bonchev–Trinajstić information content (AvgIpc) is 2.18. The van der Waals surface area contributed by atoms with Crippen LogP contribution in [-0.4, -0.2) is 25.6 Å². The van der Waals surface area contributed by atoms with Crippen LogP contribution in [0.15, 0.2) is 24.3 Å². The van der Waals surface area contributed by atoms with Gasteiger partial charge in [0.05, 0.1) is 18.2 Å². The Morgan fingerprint density at radius 3 is 2.88 bits per heavy atom. The number of amides is 1. The van der Waals surface area contributed by atoms with E-state index in [9.17, 15) is 4.79 Å². The molecule has 1 amide bonds. The monoisotopic (exact) mass is 220 g/mol. The number of ether oxygens (including phenoxy) is 1. The molecule has 0 bridgehead atoms. The zero-order valence-corrected chi connectivity index (χ0v) is 9.32. The van der Waals surface area contributed by atoms with Crippen LogP contribution in [0.1, 0.15) is 6.92 Å². The van der Waals surface area contributed by atoms with Crippen LogP contribution in [0.3, 0.4) is 0 Å². The van der Waals surface area contributed by atoms with Gasteiger partial charge in [-0.05, 0) is 19.1 Å². The molecule has 1 aliphatic rings. The summed E-state index contributed by atoms with van der Waals surface area (Å²) in [4.78, 5) is 11.7. The average molecular weight is 220 g/mol. The molecule has 0 radical (unpaired) electrons. The molecule has 1 aliphatic heterocycles. The first-order valence-electron chi connectivity index (χ1n) is 5.54. The molecule has 0 aliphatic carbocycles. The molecule has 0 aromatic heterocycles. The molecule has 1 heterocycles. The zero-order valence-electron chi connectivity index (χ0n) is 9.32. The van der Waals surface area contributed by atoms with E-state index < -0.39 is 0 Å². The van der Waals surface area contributed by atoms with Crippen LogP contribution in [0.2, 0.25) is 0 Å². The number of carbonyl (C=O) groups is 1. The second-order valence-electron chi connectivity index (χ2n) is 3.77. The fourth-order valence-corrected chi connectivity index (χ4v) is 1.56. The summed E-state index contributed by atoms with van der Waals surface area (Å²) in [6.45, 7) is 4.05. The van der Waals surface area contributed by atoms with E-state index in [2.05, 4.69) is 10.6 Å². The summed E-state index contributed by atoms with van der Waals surface area (Å²) in [5.41, 5.74) is 0.751. The highest BCUT2D eigenvalue weighted by atomic mass is 16.5. The summed E-state index contributed by atoms with van der Waals surface area (Å²) in [5.74, 6) is 0.881. The second-order valence-corrected chi connectivity index (χ2v) is 3.77. The number of hydrogen-bond acceptors (Lipinski definition) is 3. The third-order valence-corrected chi connectivity index (χ3v) is 2.60. The Balaban J connectivity index is 2.04. The summed E-state index contributed by atoms with van der Waals surface area (Å²) < 4.78 is 5.44. The van der Waals surface area contributed by atoms with Crippen molar-refractivity contribution in [3.05, 3.63) is 24.3 Å². The quantitative estimate of drug-likeness (QED) is 0.802. The van der Waals surface area contributed by atoms with Gasteiger partial charge in [-0.2, -0.15) is 0 Å². The SMILES string of the molecule is CCOc1ccccc1NC(=O)C1CNC1. The standard InChI is InChI=1S/C12H16N2O2/c1-2-16-11-6-4-3-5-10(11)14-12(15)9-7-13-8-9/h3-6,9,13H,2,7-8H2,1H3,(H,14,15). The molecule has 16 heavy (non-hydrogen) atoms. The predicted molar refractivity (Wildman–Crippen MR) is 62.6 cm³/mol. The molecule has 0 saturated carbocycles. The lowest BCUT2D eigenvalue weighted by atomic mass is 10.0. The van der Waals surface area contributed by atoms with Crippen molar-refractivity contribution >= 4 is 11.6 Å². The summed E-state index contributed by atoms with van der Waals surface area (Å²) in [5, 5.41) is 5.97. The molecule has 4 nitrogen and oxygen atoms in total. The molecule has 4 heteroatoms. The van der Waals surface area contributed by atoms with Gasteiger partial charge in [-0.1, -0.05) is 12.1 Å². The van der Waals surface area contributed by atoms with Crippen molar-refractivity contribution in [1.29, 1.82) is 0 Å². The van der Waals surface area contributed by atoms with Crippen molar-refractivity contribution in [3.8, 4) is 5.75 Å². The Hall–Kier alpha value is -1.55. The molecular weight excluding hydrogens is 204 g/mol. The van der Waals surface area contributed by atoms with Gasteiger partial charge in [0.25, 0.3) is 0 Å². The number of hydrogen-bond donors (Lipinski definition) is 2. The maximum Gasteiger partial charge on any atom is 0.230 e. The Kier molecular flexibility index (Phi) is 3.41. The van der Waals surface area contributed by atoms with Crippen LogP contribution in [-0.2, 0) is 4.79 Å². The van der Waals surface area contributed by atoms with Crippen LogP contribution in [0.25, 0.3) is 0 Å². The molecule has 1 aromatic rings. The van der Waals surface area contributed by atoms with Gasteiger partial charge in [0, 0.05) is 13.1 Å². The van der Waals surface area contributed by atoms with Crippen molar-refractivity contribution in [2.45, 2.75) is 6.92 Å².